The summed E-state index contributed by atoms with van der Waals surface area (Å²) in [6.07, 6.45) is 3.57. The topological polar surface area (TPSA) is 67.2 Å². The van der Waals surface area contributed by atoms with E-state index in [1.54, 1.807) is 12.5 Å². The number of amides is 1. The number of rotatable bonds is 6. The zero-order valence-electron chi connectivity index (χ0n) is 11.0. The van der Waals surface area contributed by atoms with E-state index in [2.05, 4.69) is 15.6 Å². The largest absolute Gasteiger partial charge is 0.472 e. The molecule has 0 fully saturated rings. The Bertz CT molecular complexity index is 522. The fourth-order valence-electron chi connectivity index (χ4n) is 1.50. The summed E-state index contributed by atoms with van der Waals surface area (Å²) in [6.45, 7) is 2.63. The van der Waals surface area contributed by atoms with Gasteiger partial charge in [0.1, 0.15) is 11.3 Å². The van der Waals surface area contributed by atoms with E-state index < -0.39 is 0 Å². The Morgan fingerprint density at radius 1 is 1.58 bits per heavy atom. The van der Waals surface area contributed by atoms with Crippen molar-refractivity contribution in [2.24, 2.45) is 0 Å². The number of hydrogen-bond donors (Lipinski definition) is 2. The van der Waals surface area contributed by atoms with E-state index in [4.69, 9.17) is 4.42 Å². The first-order valence-corrected chi connectivity index (χ1v) is 6.98. The lowest BCUT2D eigenvalue weighted by molar-refractivity contribution is -0.120. The molecule has 1 amide bonds. The van der Waals surface area contributed by atoms with Crippen LogP contribution in [0.15, 0.2) is 28.4 Å². The molecule has 19 heavy (non-hydrogen) atoms. The molecule has 102 valence electrons. The molecule has 0 radical (unpaired) electrons. The number of thiazole rings is 1. The van der Waals surface area contributed by atoms with Crippen molar-refractivity contribution in [1.82, 2.24) is 15.6 Å². The molecule has 1 unspecified atom stereocenters. The van der Waals surface area contributed by atoms with Crippen LogP contribution in [0.2, 0.25) is 0 Å². The van der Waals surface area contributed by atoms with Crippen molar-refractivity contribution in [2.75, 3.05) is 13.6 Å². The molecule has 0 spiro atoms. The van der Waals surface area contributed by atoms with Crippen LogP contribution in [0.3, 0.4) is 0 Å². The highest BCUT2D eigenvalue weighted by molar-refractivity contribution is 7.13. The molecule has 2 aromatic heterocycles. The lowest BCUT2D eigenvalue weighted by atomic mass is 10.3. The van der Waals surface area contributed by atoms with Crippen LogP contribution in [0.4, 0.5) is 0 Å². The van der Waals surface area contributed by atoms with Crippen molar-refractivity contribution in [2.45, 2.75) is 19.4 Å². The highest BCUT2D eigenvalue weighted by Gasteiger charge is 2.10. The predicted octanol–water partition coefficient (Wildman–Crippen LogP) is 1.67. The number of carbonyl (C=O) groups is 1. The quantitative estimate of drug-likeness (QED) is 0.844. The van der Waals surface area contributed by atoms with Crippen LogP contribution >= 0.6 is 11.3 Å². The highest BCUT2D eigenvalue weighted by atomic mass is 32.1. The molecule has 0 aliphatic rings. The first kappa shape index (κ1) is 13.8. The number of furan rings is 1. The second-order valence-corrected chi connectivity index (χ2v) is 5.18. The van der Waals surface area contributed by atoms with E-state index >= 15 is 0 Å². The summed E-state index contributed by atoms with van der Waals surface area (Å²) in [6, 6.07) is 2.12. The van der Waals surface area contributed by atoms with Crippen LogP contribution in [-0.2, 0) is 11.2 Å². The monoisotopic (exact) mass is 279 g/mol. The summed E-state index contributed by atoms with van der Waals surface area (Å²) in [4.78, 5) is 16.2. The smallest absolute Gasteiger partial charge is 0.226 e. The first-order chi connectivity index (χ1) is 9.19. The second kappa shape index (κ2) is 6.49. The molecule has 0 saturated heterocycles. The average Bonchev–Trinajstić information content (AvgIpc) is 3.06. The van der Waals surface area contributed by atoms with Crippen molar-refractivity contribution in [3.05, 3.63) is 29.7 Å². The Kier molecular flexibility index (Phi) is 4.70. The Balaban J connectivity index is 1.88. The van der Waals surface area contributed by atoms with Crippen LogP contribution in [0.1, 0.15) is 12.6 Å². The summed E-state index contributed by atoms with van der Waals surface area (Å²) in [7, 11) is 1.87. The van der Waals surface area contributed by atoms with Gasteiger partial charge in [0.25, 0.3) is 0 Å². The maximum atomic E-state index is 11.7. The van der Waals surface area contributed by atoms with E-state index in [1.165, 1.54) is 11.3 Å². The number of carbonyl (C=O) groups excluding carboxylic acids is 1. The van der Waals surface area contributed by atoms with E-state index in [0.717, 1.165) is 16.3 Å². The number of nitrogens with one attached hydrogen (secondary N) is 2. The molecule has 2 aromatic rings. The third kappa shape index (κ3) is 3.90. The van der Waals surface area contributed by atoms with Gasteiger partial charge in [-0.25, -0.2) is 4.98 Å². The summed E-state index contributed by atoms with van der Waals surface area (Å²) >= 11 is 1.51. The first-order valence-electron chi connectivity index (χ1n) is 6.10. The molecular formula is C13H17N3O2S. The van der Waals surface area contributed by atoms with Crippen LogP contribution < -0.4 is 10.6 Å². The van der Waals surface area contributed by atoms with Gasteiger partial charge in [-0.05, 0) is 20.0 Å². The van der Waals surface area contributed by atoms with E-state index in [9.17, 15) is 4.79 Å². The van der Waals surface area contributed by atoms with Crippen molar-refractivity contribution < 1.29 is 9.21 Å². The second-order valence-electron chi connectivity index (χ2n) is 4.33. The molecule has 0 aliphatic carbocycles. The van der Waals surface area contributed by atoms with Gasteiger partial charge >= 0.3 is 0 Å². The summed E-state index contributed by atoms with van der Waals surface area (Å²) in [5.41, 5.74) is 1.73. The average molecular weight is 279 g/mol. The Labute approximate surface area is 116 Å². The molecule has 1 atom stereocenters. The van der Waals surface area contributed by atoms with Gasteiger partial charge in [-0.15, -0.1) is 11.3 Å². The van der Waals surface area contributed by atoms with Crippen LogP contribution in [0, 0.1) is 0 Å². The molecule has 0 aromatic carbocycles. The molecule has 0 aliphatic heterocycles. The van der Waals surface area contributed by atoms with Crippen LogP contribution in [0.25, 0.3) is 10.6 Å². The zero-order chi connectivity index (χ0) is 13.7. The maximum absolute atomic E-state index is 11.7. The minimum absolute atomic E-state index is 0.00820. The van der Waals surface area contributed by atoms with Gasteiger partial charge in [-0.3, -0.25) is 4.79 Å². The van der Waals surface area contributed by atoms with Crippen LogP contribution in [-0.4, -0.2) is 30.5 Å². The van der Waals surface area contributed by atoms with Gasteiger partial charge < -0.3 is 15.1 Å². The summed E-state index contributed by atoms with van der Waals surface area (Å²) in [5.74, 6) is -0.00820. The molecule has 2 rings (SSSR count). The Hall–Kier alpha value is -1.66. The molecule has 0 bridgehead atoms. The van der Waals surface area contributed by atoms with Crippen molar-refractivity contribution in [1.29, 1.82) is 0 Å². The van der Waals surface area contributed by atoms with Gasteiger partial charge in [-0.1, -0.05) is 0 Å². The van der Waals surface area contributed by atoms with Crippen molar-refractivity contribution in [3.63, 3.8) is 0 Å². The Morgan fingerprint density at radius 3 is 3.11 bits per heavy atom. The van der Waals surface area contributed by atoms with Gasteiger partial charge in [0.15, 0.2) is 0 Å². The van der Waals surface area contributed by atoms with Crippen molar-refractivity contribution in [3.8, 4) is 10.6 Å². The minimum atomic E-state index is -0.00820. The minimum Gasteiger partial charge on any atom is -0.472 e. The lowest BCUT2D eigenvalue weighted by Gasteiger charge is -2.10. The third-order valence-electron chi connectivity index (χ3n) is 2.76. The molecule has 0 saturated carbocycles. The van der Waals surface area contributed by atoms with Gasteiger partial charge in [0, 0.05) is 23.5 Å². The number of likely N-dealkylation sites (N-methyl/N-ethyl adjacent to an activating group) is 1. The van der Waals surface area contributed by atoms with Gasteiger partial charge in [-0.2, -0.15) is 0 Å². The van der Waals surface area contributed by atoms with Crippen LogP contribution in [0.5, 0.6) is 0 Å². The third-order valence-corrected chi connectivity index (χ3v) is 3.70. The predicted molar refractivity (Wildman–Crippen MR) is 75.1 cm³/mol. The molecule has 5 nitrogen and oxygen atoms in total. The summed E-state index contributed by atoms with van der Waals surface area (Å²) < 4.78 is 5.02. The lowest BCUT2D eigenvalue weighted by Crippen LogP contribution is -2.37. The number of hydrogen-bond acceptors (Lipinski definition) is 5. The van der Waals surface area contributed by atoms with Gasteiger partial charge in [0.2, 0.25) is 5.91 Å². The molecular weight excluding hydrogens is 262 g/mol. The SMILES string of the molecule is CNC(C)CNC(=O)Cc1csc(-c2ccoc2)n1. The fourth-order valence-corrected chi connectivity index (χ4v) is 2.31. The highest BCUT2D eigenvalue weighted by Crippen LogP contribution is 2.23. The molecule has 6 heteroatoms. The van der Waals surface area contributed by atoms with E-state index in [-0.39, 0.29) is 11.9 Å². The molecule has 2 heterocycles. The van der Waals surface area contributed by atoms with E-state index in [1.807, 2.05) is 25.4 Å². The number of nitrogens with zero attached hydrogens (tertiary/aromatic N) is 1. The molecule has 2 N–H and O–H groups in total. The standard InChI is InChI=1S/C13H17N3O2S/c1-9(14-2)6-15-12(17)5-11-8-19-13(16-11)10-3-4-18-7-10/h3-4,7-9,14H,5-6H2,1-2H3,(H,15,17). The number of aromatic nitrogens is 1. The fraction of sp³-hybridized carbons (Fsp3) is 0.385. The van der Waals surface area contributed by atoms with E-state index in [0.29, 0.717) is 13.0 Å². The Morgan fingerprint density at radius 2 is 2.42 bits per heavy atom. The summed E-state index contributed by atoms with van der Waals surface area (Å²) in [5, 5.41) is 8.72. The van der Waals surface area contributed by atoms with Gasteiger partial charge in [0.05, 0.1) is 18.4 Å². The maximum Gasteiger partial charge on any atom is 0.226 e. The normalized spacial score (nSPS) is 12.3. The zero-order valence-corrected chi connectivity index (χ0v) is 11.8. The van der Waals surface area contributed by atoms with Crippen molar-refractivity contribution >= 4 is 17.2 Å².